The van der Waals surface area contributed by atoms with Crippen LogP contribution in [0.15, 0.2) is 57.9 Å². The number of pyridine rings is 1. The highest BCUT2D eigenvalue weighted by molar-refractivity contribution is 9.10. The number of aliphatic hydroxyl groups excluding tert-OH is 2. The Labute approximate surface area is 223 Å². The maximum absolute atomic E-state index is 12.9. The second kappa shape index (κ2) is 11.1. The summed E-state index contributed by atoms with van der Waals surface area (Å²) in [6, 6.07) is 13.5. The molecule has 0 spiro atoms. The summed E-state index contributed by atoms with van der Waals surface area (Å²) in [6.07, 6.45) is 0.838. The van der Waals surface area contributed by atoms with E-state index >= 15 is 0 Å². The lowest BCUT2D eigenvalue weighted by Crippen LogP contribution is -2.47. The lowest BCUT2D eigenvalue weighted by atomic mass is 10.1. The van der Waals surface area contributed by atoms with Crippen LogP contribution in [0.4, 0.5) is 11.4 Å². The number of piperazine rings is 1. The fourth-order valence-corrected chi connectivity index (χ4v) is 5.26. The topological polar surface area (TPSA) is 121 Å². The molecule has 1 atom stereocenters. The van der Waals surface area contributed by atoms with Gasteiger partial charge in [-0.15, -0.1) is 0 Å². The van der Waals surface area contributed by atoms with Crippen LogP contribution >= 0.6 is 15.9 Å². The minimum atomic E-state index is -0.747. The van der Waals surface area contributed by atoms with Gasteiger partial charge in [0.25, 0.3) is 5.56 Å². The van der Waals surface area contributed by atoms with Crippen molar-refractivity contribution in [3.05, 3.63) is 74.6 Å². The van der Waals surface area contributed by atoms with E-state index in [4.69, 9.17) is 4.98 Å². The van der Waals surface area contributed by atoms with Gasteiger partial charge >= 0.3 is 0 Å². The summed E-state index contributed by atoms with van der Waals surface area (Å²) in [5, 5.41) is 23.1. The van der Waals surface area contributed by atoms with Crippen LogP contribution in [0.1, 0.15) is 17.2 Å². The van der Waals surface area contributed by atoms with Gasteiger partial charge in [0.2, 0.25) is 0 Å². The highest BCUT2D eigenvalue weighted by Gasteiger charge is 2.20. The molecule has 10 heteroatoms. The third-order valence-electron chi connectivity index (χ3n) is 6.83. The lowest BCUT2D eigenvalue weighted by molar-refractivity contribution is 0.189. The zero-order valence-corrected chi connectivity index (χ0v) is 22.3. The van der Waals surface area contributed by atoms with Crippen LogP contribution in [0.2, 0.25) is 0 Å². The first-order chi connectivity index (χ1) is 17.9. The first kappa shape index (κ1) is 25.5. The third kappa shape index (κ3) is 5.57. The minimum Gasteiger partial charge on any atom is -0.395 e. The molecule has 5 rings (SSSR count). The van der Waals surface area contributed by atoms with Crippen molar-refractivity contribution >= 4 is 38.3 Å². The highest BCUT2D eigenvalue weighted by Crippen LogP contribution is 2.30. The Morgan fingerprint density at radius 2 is 1.97 bits per heavy atom. The van der Waals surface area contributed by atoms with Crippen molar-refractivity contribution in [3.8, 4) is 11.4 Å². The number of imidazole rings is 1. The second-order valence-electron chi connectivity index (χ2n) is 9.34. The molecular formula is C27H31BrN6O3. The number of halogens is 1. The van der Waals surface area contributed by atoms with E-state index in [-0.39, 0.29) is 18.7 Å². The normalized spacial score (nSPS) is 15.3. The standard InChI is InChI=1S/C27H31BrN6O3/c1-17-13-20(34-9-7-33(8-10-34)11-12-35)15-22-25(17)32-26(31-22)24-21(5-6-29-27(24)37)30-16-23(36)18-3-2-4-19(28)14-18/h2-6,13-15,23,35-36H,7-12,16H2,1H3,(H,31,32)(H2,29,30,37). The quantitative estimate of drug-likeness (QED) is 0.222. The molecule has 37 heavy (non-hydrogen) atoms. The summed E-state index contributed by atoms with van der Waals surface area (Å²) in [5.74, 6) is 0.476. The van der Waals surface area contributed by atoms with E-state index in [0.29, 0.717) is 23.6 Å². The zero-order chi connectivity index (χ0) is 25.9. The van der Waals surface area contributed by atoms with Gasteiger partial charge in [-0.2, -0.15) is 0 Å². The average Bonchev–Trinajstić information content (AvgIpc) is 3.32. The van der Waals surface area contributed by atoms with E-state index in [0.717, 1.165) is 58.5 Å². The highest BCUT2D eigenvalue weighted by atomic mass is 79.9. The maximum atomic E-state index is 12.9. The van der Waals surface area contributed by atoms with Gasteiger partial charge in [0, 0.05) is 55.6 Å². The van der Waals surface area contributed by atoms with Crippen LogP contribution in [-0.4, -0.2) is 75.9 Å². The van der Waals surface area contributed by atoms with Crippen LogP contribution in [0.3, 0.4) is 0 Å². The van der Waals surface area contributed by atoms with E-state index < -0.39 is 6.10 Å². The SMILES string of the molecule is Cc1cc(N2CCN(CCO)CC2)cc2[nH]c(-c3c(NCC(O)c4cccc(Br)c4)cc[nH]c3=O)nc12. The van der Waals surface area contributed by atoms with Crippen LogP contribution in [0.25, 0.3) is 22.4 Å². The largest absolute Gasteiger partial charge is 0.395 e. The number of aliphatic hydroxyl groups is 2. The molecule has 3 heterocycles. The number of anilines is 2. The molecule has 1 fully saturated rings. The Morgan fingerprint density at radius 1 is 1.16 bits per heavy atom. The Balaban J connectivity index is 1.40. The summed E-state index contributed by atoms with van der Waals surface area (Å²) in [6.45, 7) is 6.74. The monoisotopic (exact) mass is 566 g/mol. The zero-order valence-electron chi connectivity index (χ0n) is 20.7. The van der Waals surface area contributed by atoms with Crippen molar-refractivity contribution in [2.45, 2.75) is 13.0 Å². The molecule has 0 bridgehead atoms. The van der Waals surface area contributed by atoms with Crippen LogP contribution < -0.4 is 15.8 Å². The number of H-pyrrole nitrogens is 2. The molecule has 1 unspecified atom stereocenters. The predicted octanol–water partition coefficient (Wildman–Crippen LogP) is 3.25. The number of hydrogen-bond acceptors (Lipinski definition) is 7. The van der Waals surface area contributed by atoms with Gasteiger partial charge in [0.05, 0.1) is 29.4 Å². The maximum Gasteiger partial charge on any atom is 0.261 e. The molecule has 1 saturated heterocycles. The first-order valence-electron chi connectivity index (χ1n) is 12.4. The number of β-amino-alcohol motifs (C(OH)–C–C–N with tert-alkyl or cyclic N) is 1. The summed E-state index contributed by atoms with van der Waals surface area (Å²) in [4.78, 5) is 28.4. The molecule has 2 aromatic heterocycles. The van der Waals surface area contributed by atoms with Gasteiger partial charge < -0.3 is 30.4 Å². The molecule has 2 aromatic carbocycles. The summed E-state index contributed by atoms with van der Waals surface area (Å²) < 4.78 is 0.893. The molecule has 0 radical (unpaired) electrons. The molecule has 0 aliphatic carbocycles. The van der Waals surface area contributed by atoms with Crippen molar-refractivity contribution in [2.75, 3.05) is 56.1 Å². The Kier molecular flexibility index (Phi) is 7.61. The predicted molar refractivity (Wildman–Crippen MR) is 150 cm³/mol. The van der Waals surface area contributed by atoms with Crippen molar-refractivity contribution in [3.63, 3.8) is 0 Å². The molecule has 0 amide bonds. The number of nitrogens with one attached hydrogen (secondary N) is 3. The number of hydrogen-bond donors (Lipinski definition) is 5. The molecule has 5 N–H and O–H groups in total. The Morgan fingerprint density at radius 3 is 2.73 bits per heavy atom. The van der Waals surface area contributed by atoms with E-state index in [1.807, 2.05) is 31.2 Å². The second-order valence-corrected chi connectivity index (χ2v) is 10.3. The number of rotatable bonds is 8. The Hall–Kier alpha value is -3.18. The number of aromatic nitrogens is 3. The fraction of sp³-hybridized carbons (Fsp3) is 0.333. The van der Waals surface area contributed by atoms with E-state index in [1.165, 1.54) is 0 Å². The smallest absolute Gasteiger partial charge is 0.261 e. The van der Waals surface area contributed by atoms with Crippen molar-refractivity contribution in [1.82, 2.24) is 19.9 Å². The van der Waals surface area contributed by atoms with E-state index in [2.05, 4.69) is 53.1 Å². The van der Waals surface area contributed by atoms with Gasteiger partial charge in [-0.25, -0.2) is 4.98 Å². The molecule has 9 nitrogen and oxygen atoms in total. The van der Waals surface area contributed by atoms with Gasteiger partial charge in [-0.3, -0.25) is 9.69 Å². The number of nitrogens with zero attached hydrogens (tertiary/aromatic N) is 3. The lowest BCUT2D eigenvalue weighted by Gasteiger charge is -2.35. The van der Waals surface area contributed by atoms with Crippen molar-refractivity contribution < 1.29 is 10.2 Å². The molecule has 4 aromatic rings. The third-order valence-corrected chi connectivity index (χ3v) is 7.33. The summed E-state index contributed by atoms with van der Waals surface area (Å²) in [7, 11) is 0. The molecule has 194 valence electrons. The average molecular weight is 567 g/mol. The first-order valence-corrected chi connectivity index (χ1v) is 13.2. The molecule has 0 saturated carbocycles. The van der Waals surface area contributed by atoms with Gasteiger partial charge in [-0.05, 0) is 48.4 Å². The van der Waals surface area contributed by atoms with Crippen LogP contribution in [0, 0.1) is 6.92 Å². The van der Waals surface area contributed by atoms with E-state index in [1.54, 1.807) is 12.3 Å². The molecule has 1 aliphatic heterocycles. The van der Waals surface area contributed by atoms with Crippen molar-refractivity contribution in [2.24, 2.45) is 0 Å². The van der Waals surface area contributed by atoms with Crippen LogP contribution in [-0.2, 0) is 0 Å². The molecule has 1 aliphatic rings. The molecular weight excluding hydrogens is 536 g/mol. The Bertz CT molecular complexity index is 1440. The number of fused-ring (bicyclic) bond motifs is 1. The van der Waals surface area contributed by atoms with Crippen LogP contribution in [0.5, 0.6) is 0 Å². The van der Waals surface area contributed by atoms with E-state index in [9.17, 15) is 15.0 Å². The van der Waals surface area contributed by atoms with Crippen molar-refractivity contribution in [1.29, 1.82) is 0 Å². The minimum absolute atomic E-state index is 0.181. The fourth-order valence-electron chi connectivity index (χ4n) is 4.84. The summed E-state index contributed by atoms with van der Waals surface area (Å²) in [5.41, 5.74) is 5.33. The number of aromatic amines is 2. The number of aryl methyl sites for hydroxylation is 1. The summed E-state index contributed by atoms with van der Waals surface area (Å²) >= 11 is 3.44. The number of benzene rings is 2. The van der Waals surface area contributed by atoms with Gasteiger partial charge in [-0.1, -0.05) is 28.1 Å². The van der Waals surface area contributed by atoms with Gasteiger partial charge in [0.1, 0.15) is 11.4 Å². The van der Waals surface area contributed by atoms with Gasteiger partial charge in [0.15, 0.2) is 0 Å².